The summed E-state index contributed by atoms with van der Waals surface area (Å²) in [4.78, 5) is 36.2. The van der Waals surface area contributed by atoms with E-state index in [9.17, 15) is 14.9 Å². The van der Waals surface area contributed by atoms with Gasteiger partial charge in [0.2, 0.25) is 5.91 Å². The van der Waals surface area contributed by atoms with Crippen LogP contribution in [-0.2, 0) is 12.0 Å². The fourth-order valence-corrected chi connectivity index (χ4v) is 4.21. The first-order valence-corrected chi connectivity index (χ1v) is 12.9. The Hall–Kier alpha value is -5.23. The molecule has 0 fully saturated rings. The Balaban J connectivity index is 1.87. The first-order chi connectivity index (χ1) is 19.5. The second kappa shape index (κ2) is 11.9. The monoisotopic (exact) mass is 549 g/mol. The largest absolute Gasteiger partial charge is 0.493 e. The summed E-state index contributed by atoms with van der Waals surface area (Å²) >= 11 is 0. The van der Waals surface area contributed by atoms with Crippen molar-refractivity contribution in [3.8, 4) is 17.6 Å². The quantitative estimate of drug-likeness (QED) is 0.302. The van der Waals surface area contributed by atoms with Crippen molar-refractivity contribution in [2.24, 2.45) is 5.73 Å². The van der Waals surface area contributed by atoms with E-state index in [1.165, 1.54) is 24.3 Å². The van der Waals surface area contributed by atoms with Crippen LogP contribution >= 0.6 is 0 Å². The second-order valence-corrected chi connectivity index (χ2v) is 10.4. The lowest BCUT2D eigenvalue weighted by Crippen LogP contribution is -2.29. The van der Waals surface area contributed by atoms with Crippen LogP contribution in [0.15, 0.2) is 73.1 Å². The molecule has 0 unspecified atom stereocenters. The average molecular weight is 550 g/mol. The number of carbonyl (C=O) groups is 2. The summed E-state index contributed by atoms with van der Waals surface area (Å²) in [5.41, 5.74) is 8.58. The highest BCUT2D eigenvalue weighted by Crippen LogP contribution is 2.41. The van der Waals surface area contributed by atoms with Gasteiger partial charge in [-0.15, -0.1) is 0 Å². The van der Waals surface area contributed by atoms with Gasteiger partial charge in [-0.3, -0.25) is 24.5 Å². The van der Waals surface area contributed by atoms with Crippen LogP contribution in [-0.4, -0.2) is 28.9 Å². The zero-order chi connectivity index (χ0) is 29.7. The molecule has 9 nitrogen and oxygen atoms in total. The zero-order valence-corrected chi connectivity index (χ0v) is 23.6. The van der Waals surface area contributed by atoms with E-state index >= 15 is 0 Å². The maximum atomic E-state index is 14.3. The van der Waals surface area contributed by atoms with Crippen LogP contribution in [0.5, 0.6) is 11.5 Å². The number of nitrogens with zero attached hydrogens (tertiary/aromatic N) is 4. The number of rotatable bonds is 8. The third-order valence-electron chi connectivity index (χ3n) is 6.51. The Morgan fingerprint density at radius 3 is 2.37 bits per heavy atom. The van der Waals surface area contributed by atoms with Gasteiger partial charge >= 0.3 is 0 Å². The first kappa shape index (κ1) is 28.8. The molecule has 2 heterocycles. The normalized spacial score (nSPS) is 10.9. The van der Waals surface area contributed by atoms with Gasteiger partial charge in [0.05, 0.1) is 40.9 Å². The lowest BCUT2D eigenvalue weighted by Gasteiger charge is -2.29. The number of primary amides is 1. The Morgan fingerprint density at radius 2 is 1.78 bits per heavy atom. The summed E-state index contributed by atoms with van der Waals surface area (Å²) in [6, 6.07) is 19.8. The molecule has 0 radical (unpaired) electrons. The van der Waals surface area contributed by atoms with Gasteiger partial charge in [-0.25, -0.2) is 0 Å². The summed E-state index contributed by atoms with van der Waals surface area (Å²) in [6.07, 6.45) is 3.03. The molecule has 2 amide bonds. The van der Waals surface area contributed by atoms with Crippen molar-refractivity contribution in [3.05, 3.63) is 107 Å². The number of benzene rings is 2. The Kier molecular flexibility index (Phi) is 8.34. The minimum atomic E-state index is -0.702. The minimum absolute atomic E-state index is 0.102. The van der Waals surface area contributed by atoms with Crippen LogP contribution in [0.1, 0.15) is 64.0 Å². The maximum Gasteiger partial charge on any atom is 0.264 e. The summed E-state index contributed by atoms with van der Waals surface area (Å²) in [5, 5.41) is 9.99. The molecular weight excluding hydrogens is 518 g/mol. The van der Waals surface area contributed by atoms with E-state index in [2.05, 4.69) is 16.0 Å². The molecule has 0 atom stereocenters. The van der Waals surface area contributed by atoms with Crippen molar-refractivity contribution >= 4 is 23.2 Å². The molecule has 2 aromatic heterocycles. The van der Waals surface area contributed by atoms with Crippen molar-refractivity contribution < 1.29 is 19.1 Å². The highest BCUT2D eigenvalue weighted by atomic mass is 16.5. The molecule has 2 aromatic carbocycles. The predicted molar refractivity (Wildman–Crippen MR) is 155 cm³/mol. The number of amides is 2. The number of nitrogens with two attached hydrogens (primary N) is 1. The maximum absolute atomic E-state index is 14.3. The van der Waals surface area contributed by atoms with E-state index in [4.69, 9.17) is 15.2 Å². The van der Waals surface area contributed by atoms with Crippen molar-refractivity contribution in [1.82, 2.24) is 9.97 Å². The van der Waals surface area contributed by atoms with E-state index in [1.807, 2.05) is 45.0 Å². The van der Waals surface area contributed by atoms with Crippen molar-refractivity contribution in [3.63, 3.8) is 0 Å². The van der Waals surface area contributed by atoms with Crippen LogP contribution in [0.2, 0.25) is 0 Å². The van der Waals surface area contributed by atoms with Gasteiger partial charge in [-0.05, 0) is 72.5 Å². The summed E-state index contributed by atoms with van der Waals surface area (Å²) in [6.45, 7) is 8.01. The van der Waals surface area contributed by atoms with Gasteiger partial charge in [-0.2, -0.15) is 5.26 Å². The smallest absolute Gasteiger partial charge is 0.264 e. The molecule has 41 heavy (non-hydrogen) atoms. The molecule has 4 rings (SSSR count). The van der Waals surface area contributed by atoms with Crippen LogP contribution in [0.4, 0.5) is 11.4 Å². The van der Waals surface area contributed by atoms with E-state index in [0.717, 1.165) is 11.3 Å². The molecule has 0 bridgehead atoms. The number of methoxy groups -OCH3 is 1. The molecule has 0 aliphatic carbocycles. The molecule has 0 spiro atoms. The van der Waals surface area contributed by atoms with Gasteiger partial charge in [0.1, 0.15) is 18.4 Å². The number of ether oxygens (including phenoxy) is 2. The van der Waals surface area contributed by atoms with Crippen molar-refractivity contribution in [1.29, 1.82) is 5.26 Å². The molecule has 0 aliphatic heterocycles. The number of pyridine rings is 2. The lowest BCUT2D eigenvalue weighted by atomic mass is 9.85. The molecular formula is C32H31N5O4. The van der Waals surface area contributed by atoms with E-state index in [1.54, 1.807) is 43.5 Å². The van der Waals surface area contributed by atoms with E-state index < -0.39 is 11.8 Å². The van der Waals surface area contributed by atoms with E-state index in [0.29, 0.717) is 22.8 Å². The van der Waals surface area contributed by atoms with Gasteiger partial charge in [0, 0.05) is 18.1 Å². The molecule has 9 heteroatoms. The molecule has 0 aliphatic rings. The summed E-state index contributed by atoms with van der Waals surface area (Å²) in [5.74, 6) is -0.366. The van der Waals surface area contributed by atoms with Crippen LogP contribution < -0.4 is 20.1 Å². The van der Waals surface area contributed by atoms with Crippen molar-refractivity contribution in [2.45, 2.75) is 39.7 Å². The lowest BCUT2D eigenvalue weighted by molar-refractivity contribution is 0.0997. The Labute approximate surface area is 239 Å². The zero-order valence-electron chi connectivity index (χ0n) is 23.6. The van der Waals surface area contributed by atoms with Gasteiger partial charge < -0.3 is 15.2 Å². The average Bonchev–Trinajstić information content (AvgIpc) is 2.96. The fourth-order valence-electron chi connectivity index (χ4n) is 4.21. The minimum Gasteiger partial charge on any atom is -0.493 e. The number of aromatic nitrogens is 2. The second-order valence-electron chi connectivity index (χ2n) is 10.4. The number of hydrogen-bond donors (Lipinski definition) is 1. The van der Waals surface area contributed by atoms with Gasteiger partial charge in [-0.1, -0.05) is 26.8 Å². The molecule has 0 saturated heterocycles. The van der Waals surface area contributed by atoms with Gasteiger partial charge in [0.15, 0.2) is 5.75 Å². The number of hydrogen-bond acceptors (Lipinski definition) is 7. The topological polar surface area (TPSA) is 131 Å². The standard InChI is InChI=1S/C32H31N5O4/c1-20-27(15-22(18-36-20)30(34)38)31(39)37(28-16-23(32(2,3)4)14-21(17-33)29(28)40-5)25-9-11-26(12-10-25)41-19-24-8-6-7-13-35-24/h6-16,18H,19H2,1-5H3,(H2,34,38). The third-order valence-corrected chi connectivity index (χ3v) is 6.51. The Bertz CT molecular complexity index is 1620. The fraction of sp³-hybridized carbons (Fsp3) is 0.219. The molecule has 208 valence electrons. The molecule has 4 aromatic rings. The van der Waals surface area contributed by atoms with Crippen LogP contribution in [0.25, 0.3) is 0 Å². The van der Waals surface area contributed by atoms with Crippen LogP contribution in [0.3, 0.4) is 0 Å². The summed E-state index contributed by atoms with van der Waals surface area (Å²) < 4.78 is 11.6. The number of carbonyl (C=O) groups excluding carboxylic acids is 2. The molecule has 2 N–H and O–H groups in total. The predicted octanol–water partition coefficient (Wildman–Crippen LogP) is 5.62. The van der Waals surface area contributed by atoms with E-state index in [-0.39, 0.29) is 34.5 Å². The number of aryl methyl sites for hydroxylation is 1. The molecule has 0 saturated carbocycles. The van der Waals surface area contributed by atoms with Gasteiger partial charge in [0.25, 0.3) is 5.91 Å². The highest BCUT2D eigenvalue weighted by molar-refractivity contribution is 6.13. The van der Waals surface area contributed by atoms with Crippen LogP contribution in [0, 0.1) is 18.3 Å². The first-order valence-electron chi connectivity index (χ1n) is 12.9. The Morgan fingerprint density at radius 1 is 1.05 bits per heavy atom. The third kappa shape index (κ3) is 6.34. The summed E-state index contributed by atoms with van der Waals surface area (Å²) in [7, 11) is 1.45. The number of anilines is 2. The van der Waals surface area contributed by atoms with Crippen molar-refractivity contribution in [2.75, 3.05) is 12.0 Å². The number of nitriles is 1. The SMILES string of the molecule is COc1c(C#N)cc(C(C)(C)C)cc1N(C(=O)c1cc(C(N)=O)cnc1C)c1ccc(OCc2ccccn2)cc1. The highest BCUT2D eigenvalue weighted by Gasteiger charge is 2.29.